The van der Waals surface area contributed by atoms with Crippen molar-refractivity contribution in [3.8, 4) is 0 Å². The number of aliphatic hydroxyl groups excluding tert-OH is 1. The van der Waals surface area contributed by atoms with E-state index in [4.69, 9.17) is 9.72 Å². The van der Waals surface area contributed by atoms with Crippen LogP contribution in [0.15, 0.2) is 6.33 Å². The highest BCUT2D eigenvalue weighted by atomic mass is 32.1. The molecule has 8 heteroatoms. The van der Waals surface area contributed by atoms with Crippen LogP contribution in [-0.2, 0) is 24.3 Å². The highest BCUT2D eigenvalue weighted by Crippen LogP contribution is 2.39. The Balaban J connectivity index is 1.79. The topological polar surface area (TPSA) is 75.8 Å². The van der Waals surface area contributed by atoms with Crippen molar-refractivity contribution in [3.63, 3.8) is 0 Å². The molecule has 4 heterocycles. The lowest BCUT2D eigenvalue weighted by molar-refractivity contribution is -0.0379. The fourth-order valence-electron chi connectivity index (χ4n) is 3.34. The molecule has 0 atom stereocenters. The molecular weight excluding hydrogens is 338 g/mol. The Labute approximate surface area is 150 Å². The van der Waals surface area contributed by atoms with Crippen LogP contribution in [0.1, 0.15) is 37.0 Å². The number of likely N-dealkylation sites (N-methyl/N-ethyl adjacent to an activating group) is 1. The van der Waals surface area contributed by atoms with Gasteiger partial charge >= 0.3 is 0 Å². The molecule has 3 aromatic heterocycles. The van der Waals surface area contributed by atoms with Gasteiger partial charge in [-0.3, -0.25) is 4.90 Å². The molecule has 1 N–H and O–H groups in total. The molecule has 134 valence electrons. The van der Waals surface area contributed by atoms with Crippen LogP contribution >= 0.6 is 11.3 Å². The van der Waals surface area contributed by atoms with Gasteiger partial charge in [0, 0.05) is 17.8 Å². The van der Waals surface area contributed by atoms with E-state index in [0.29, 0.717) is 19.7 Å². The zero-order valence-corrected chi connectivity index (χ0v) is 15.6. The van der Waals surface area contributed by atoms with E-state index >= 15 is 0 Å². The maximum absolute atomic E-state index is 9.17. The summed E-state index contributed by atoms with van der Waals surface area (Å²) in [6.45, 7) is 9.19. The number of aliphatic hydroxyl groups is 1. The SMILES string of the molecule is CCN(CCO)Cc1nc2c3c4c(sc3ncn2n1)COC(C)(C)C4. The van der Waals surface area contributed by atoms with E-state index in [-0.39, 0.29) is 12.2 Å². The van der Waals surface area contributed by atoms with E-state index in [1.54, 1.807) is 22.2 Å². The maximum atomic E-state index is 9.17. The van der Waals surface area contributed by atoms with Gasteiger partial charge < -0.3 is 9.84 Å². The number of thiophene rings is 1. The first-order chi connectivity index (χ1) is 12.0. The van der Waals surface area contributed by atoms with Gasteiger partial charge in [-0.25, -0.2) is 14.5 Å². The van der Waals surface area contributed by atoms with E-state index in [0.717, 1.165) is 34.7 Å². The van der Waals surface area contributed by atoms with Crippen LogP contribution in [0, 0.1) is 0 Å². The van der Waals surface area contributed by atoms with Gasteiger partial charge in [0.05, 0.1) is 30.7 Å². The van der Waals surface area contributed by atoms with Crippen molar-refractivity contribution in [2.45, 2.75) is 45.9 Å². The van der Waals surface area contributed by atoms with Crippen molar-refractivity contribution in [3.05, 3.63) is 22.6 Å². The standard InChI is InChI=1S/C17H23N5O2S/c1-4-21(5-6-23)8-13-19-15-14-11-7-17(2,3)24-9-12(11)25-16(14)18-10-22(15)20-13/h10,23H,4-9H2,1-3H3. The third kappa shape index (κ3) is 3.03. The van der Waals surface area contributed by atoms with Crippen LogP contribution in [0.4, 0.5) is 0 Å². The average molecular weight is 361 g/mol. The van der Waals surface area contributed by atoms with Crippen molar-refractivity contribution in [1.29, 1.82) is 0 Å². The predicted octanol–water partition coefficient (Wildman–Crippen LogP) is 2.00. The summed E-state index contributed by atoms with van der Waals surface area (Å²) in [6, 6.07) is 0. The molecule has 0 bridgehead atoms. The maximum Gasteiger partial charge on any atom is 0.168 e. The van der Waals surface area contributed by atoms with Crippen molar-refractivity contribution in [2.24, 2.45) is 0 Å². The molecule has 0 fully saturated rings. The highest BCUT2D eigenvalue weighted by molar-refractivity contribution is 7.19. The summed E-state index contributed by atoms with van der Waals surface area (Å²) in [7, 11) is 0. The molecule has 0 radical (unpaired) electrons. The zero-order chi connectivity index (χ0) is 17.6. The first-order valence-electron chi connectivity index (χ1n) is 8.62. The monoisotopic (exact) mass is 361 g/mol. The highest BCUT2D eigenvalue weighted by Gasteiger charge is 2.30. The first-order valence-corrected chi connectivity index (χ1v) is 9.44. The fraction of sp³-hybridized carbons (Fsp3) is 0.588. The molecule has 4 rings (SSSR count). The Morgan fingerprint density at radius 2 is 2.28 bits per heavy atom. The Hall–Kier alpha value is -1.61. The molecule has 0 aromatic carbocycles. The normalized spacial score (nSPS) is 16.8. The summed E-state index contributed by atoms with van der Waals surface area (Å²) in [5.74, 6) is 0.760. The molecule has 7 nitrogen and oxygen atoms in total. The van der Waals surface area contributed by atoms with Crippen LogP contribution in [0.25, 0.3) is 15.9 Å². The van der Waals surface area contributed by atoms with Crippen LogP contribution in [-0.4, -0.2) is 54.9 Å². The smallest absolute Gasteiger partial charge is 0.168 e. The van der Waals surface area contributed by atoms with Gasteiger partial charge in [-0.2, -0.15) is 0 Å². The fourth-order valence-corrected chi connectivity index (χ4v) is 4.41. The van der Waals surface area contributed by atoms with Crippen LogP contribution in [0.5, 0.6) is 0 Å². The second kappa shape index (κ2) is 6.28. The van der Waals surface area contributed by atoms with Gasteiger partial charge in [0.25, 0.3) is 0 Å². The third-order valence-electron chi connectivity index (χ3n) is 4.68. The lowest BCUT2D eigenvalue weighted by atomic mass is 9.94. The summed E-state index contributed by atoms with van der Waals surface area (Å²) in [5, 5.41) is 14.9. The van der Waals surface area contributed by atoms with Crippen LogP contribution < -0.4 is 0 Å². The van der Waals surface area contributed by atoms with E-state index in [9.17, 15) is 5.11 Å². The van der Waals surface area contributed by atoms with Gasteiger partial charge in [0.15, 0.2) is 11.5 Å². The molecule has 0 spiro atoms. The molecule has 1 aliphatic heterocycles. The Morgan fingerprint density at radius 3 is 3.04 bits per heavy atom. The lowest BCUT2D eigenvalue weighted by Gasteiger charge is -2.30. The van der Waals surface area contributed by atoms with Gasteiger partial charge in [-0.1, -0.05) is 6.92 Å². The quantitative estimate of drug-likeness (QED) is 0.749. The van der Waals surface area contributed by atoms with E-state index in [1.165, 1.54) is 10.4 Å². The summed E-state index contributed by atoms with van der Waals surface area (Å²) in [5.41, 5.74) is 2.00. The number of ether oxygens (including phenoxy) is 1. The Morgan fingerprint density at radius 1 is 1.44 bits per heavy atom. The van der Waals surface area contributed by atoms with Gasteiger partial charge in [-0.15, -0.1) is 16.4 Å². The minimum absolute atomic E-state index is 0.139. The molecule has 1 aliphatic rings. The number of hydrogen-bond donors (Lipinski definition) is 1. The summed E-state index contributed by atoms with van der Waals surface area (Å²) < 4.78 is 7.72. The molecule has 25 heavy (non-hydrogen) atoms. The molecule has 0 unspecified atom stereocenters. The Bertz CT molecular complexity index is 917. The summed E-state index contributed by atoms with van der Waals surface area (Å²) in [4.78, 5) is 13.7. The molecule has 0 saturated heterocycles. The minimum atomic E-state index is -0.170. The van der Waals surface area contributed by atoms with Crippen molar-refractivity contribution in [2.75, 3.05) is 19.7 Å². The summed E-state index contributed by atoms with van der Waals surface area (Å²) >= 11 is 1.69. The molecule has 0 amide bonds. The molecule has 0 aliphatic carbocycles. The van der Waals surface area contributed by atoms with E-state index < -0.39 is 0 Å². The largest absolute Gasteiger partial charge is 0.395 e. The van der Waals surface area contributed by atoms with E-state index in [2.05, 4.69) is 35.8 Å². The summed E-state index contributed by atoms with van der Waals surface area (Å²) in [6.07, 6.45) is 2.60. The van der Waals surface area contributed by atoms with Crippen LogP contribution in [0.2, 0.25) is 0 Å². The van der Waals surface area contributed by atoms with Gasteiger partial charge in [-0.05, 0) is 26.0 Å². The lowest BCUT2D eigenvalue weighted by Crippen LogP contribution is -2.31. The number of nitrogens with zero attached hydrogens (tertiary/aromatic N) is 5. The Kier molecular flexibility index (Phi) is 4.23. The average Bonchev–Trinajstić information content (AvgIpc) is 3.13. The number of aromatic nitrogens is 4. The number of fused-ring (bicyclic) bond motifs is 5. The van der Waals surface area contributed by atoms with E-state index in [1.807, 2.05) is 0 Å². The van der Waals surface area contributed by atoms with Gasteiger partial charge in [0.1, 0.15) is 11.2 Å². The van der Waals surface area contributed by atoms with Crippen molar-refractivity contribution in [1.82, 2.24) is 24.5 Å². The van der Waals surface area contributed by atoms with Gasteiger partial charge in [0.2, 0.25) is 0 Å². The second-order valence-corrected chi connectivity index (χ2v) is 8.13. The third-order valence-corrected chi connectivity index (χ3v) is 5.79. The predicted molar refractivity (Wildman–Crippen MR) is 96.8 cm³/mol. The second-order valence-electron chi connectivity index (χ2n) is 7.04. The first kappa shape index (κ1) is 16.8. The molecular formula is C17H23N5O2S. The van der Waals surface area contributed by atoms with Crippen molar-refractivity contribution < 1.29 is 9.84 Å². The van der Waals surface area contributed by atoms with Crippen molar-refractivity contribution >= 4 is 27.2 Å². The van der Waals surface area contributed by atoms with Crippen LogP contribution in [0.3, 0.4) is 0 Å². The zero-order valence-electron chi connectivity index (χ0n) is 14.8. The number of rotatable bonds is 5. The number of hydrogen-bond acceptors (Lipinski definition) is 7. The molecule has 3 aromatic rings. The minimum Gasteiger partial charge on any atom is -0.395 e. The molecule has 0 saturated carbocycles.